The zero-order valence-electron chi connectivity index (χ0n) is 27.6. The van der Waals surface area contributed by atoms with E-state index in [1.165, 1.54) is 66.3 Å². The van der Waals surface area contributed by atoms with Crippen LogP contribution in [0.5, 0.6) is 0 Å². The Balaban J connectivity index is 2.32. The molecule has 0 aliphatic heterocycles. The van der Waals surface area contributed by atoms with Crippen molar-refractivity contribution in [1.29, 1.82) is 0 Å². The van der Waals surface area contributed by atoms with Crippen LogP contribution in [0.3, 0.4) is 0 Å². The third-order valence-electron chi connectivity index (χ3n) is 8.92. The molecular formula is C38H62. The zero-order chi connectivity index (χ0) is 28.9. The van der Waals surface area contributed by atoms with Crippen molar-refractivity contribution in [2.24, 2.45) is 21.7 Å². The molecule has 214 valence electrons. The molecule has 0 amide bonds. The van der Waals surface area contributed by atoms with Crippen LogP contribution >= 0.6 is 0 Å². The van der Waals surface area contributed by atoms with Crippen LogP contribution in [0.1, 0.15) is 161 Å². The lowest BCUT2D eigenvalue weighted by molar-refractivity contribution is 0.245. The molecule has 0 aliphatic carbocycles. The molecule has 2 aromatic rings. The van der Waals surface area contributed by atoms with Crippen LogP contribution in [0.2, 0.25) is 0 Å². The summed E-state index contributed by atoms with van der Waals surface area (Å²) in [5, 5.41) is 0. The van der Waals surface area contributed by atoms with Gasteiger partial charge in [0.15, 0.2) is 0 Å². The van der Waals surface area contributed by atoms with Gasteiger partial charge in [0.25, 0.3) is 0 Å². The van der Waals surface area contributed by atoms with E-state index in [0.717, 1.165) is 6.42 Å². The van der Waals surface area contributed by atoms with Gasteiger partial charge >= 0.3 is 0 Å². The van der Waals surface area contributed by atoms with E-state index >= 15 is 0 Å². The minimum absolute atomic E-state index is 0.325. The molecule has 0 aliphatic rings. The predicted octanol–water partition coefficient (Wildman–Crippen LogP) is 12.3. The van der Waals surface area contributed by atoms with Crippen LogP contribution in [0.15, 0.2) is 42.5 Å². The van der Waals surface area contributed by atoms with Crippen LogP contribution in [-0.4, -0.2) is 0 Å². The Bertz CT molecular complexity index is 988. The molecule has 0 spiro atoms. The summed E-state index contributed by atoms with van der Waals surface area (Å²) in [6, 6.07) is 17.0. The van der Waals surface area contributed by atoms with E-state index in [0.29, 0.717) is 33.5 Å². The first-order valence-electron chi connectivity index (χ1n) is 15.5. The van der Waals surface area contributed by atoms with Crippen molar-refractivity contribution in [3.63, 3.8) is 0 Å². The van der Waals surface area contributed by atoms with Gasteiger partial charge in [0.05, 0.1) is 0 Å². The maximum Gasteiger partial charge on any atom is -0.00230 e. The molecule has 0 heteroatoms. The van der Waals surface area contributed by atoms with Crippen molar-refractivity contribution in [3.8, 4) is 0 Å². The van der Waals surface area contributed by atoms with Gasteiger partial charge in [-0.05, 0) is 100 Å². The average molecular weight is 519 g/mol. The Morgan fingerprint density at radius 1 is 0.553 bits per heavy atom. The van der Waals surface area contributed by atoms with Crippen LogP contribution in [0.4, 0.5) is 0 Å². The third-order valence-corrected chi connectivity index (χ3v) is 8.92. The van der Waals surface area contributed by atoms with Gasteiger partial charge in [-0.2, -0.15) is 0 Å². The van der Waals surface area contributed by atoms with E-state index in [2.05, 4.69) is 132 Å². The van der Waals surface area contributed by atoms with E-state index in [1.54, 1.807) is 0 Å². The monoisotopic (exact) mass is 518 g/mol. The lowest BCUT2D eigenvalue weighted by atomic mass is 9.72. The molecule has 0 bridgehead atoms. The molecule has 0 heterocycles. The highest BCUT2D eigenvalue weighted by Gasteiger charge is 2.28. The lowest BCUT2D eigenvalue weighted by Gasteiger charge is -2.33. The van der Waals surface area contributed by atoms with Crippen LogP contribution in [0, 0.1) is 28.6 Å². The van der Waals surface area contributed by atoms with Crippen LogP contribution in [-0.2, 0) is 6.42 Å². The average Bonchev–Trinajstić information content (AvgIpc) is 2.78. The second-order valence-corrected chi connectivity index (χ2v) is 16.5. The Kier molecular flexibility index (Phi) is 10.9. The zero-order valence-corrected chi connectivity index (χ0v) is 27.6. The number of rotatable bonds is 12. The fourth-order valence-corrected chi connectivity index (χ4v) is 5.98. The summed E-state index contributed by atoms with van der Waals surface area (Å²) in [5.41, 5.74) is 8.79. The largest absolute Gasteiger partial charge is 0.0649 e. The van der Waals surface area contributed by atoms with Gasteiger partial charge in [0.1, 0.15) is 0 Å². The number of hydrogen-bond donors (Lipinski definition) is 0. The second kappa shape index (κ2) is 12.7. The fourth-order valence-electron chi connectivity index (χ4n) is 5.98. The summed E-state index contributed by atoms with van der Waals surface area (Å²) in [6.07, 6.45) is 8.45. The maximum absolute atomic E-state index is 2.54. The smallest absolute Gasteiger partial charge is 0.00230 e. The summed E-state index contributed by atoms with van der Waals surface area (Å²) in [7, 11) is 0. The van der Waals surface area contributed by atoms with Crippen molar-refractivity contribution >= 4 is 0 Å². The summed E-state index contributed by atoms with van der Waals surface area (Å²) in [4.78, 5) is 0. The first-order chi connectivity index (χ1) is 17.3. The van der Waals surface area contributed by atoms with Crippen LogP contribution < -0.4 is 0 Å². The first kappa shape index (κ1) is 32.7. The molecule has 2 aromatic carbocycles. The van der Waals surface area contributed by atoms with Crippen molar-refractivity contribution < 1.29 is 0 Å². The van der Waals surface area contributed by atoms with Gasteiger partial charge in [-0.25, -0.2) is 0 Å². The number of benzene rings is 2. The van der Waals surface area contributed by atoms with Gasteiger partial charge < -0.3 is 0 Å². The Labute approximate surface area is 238 Å². The molecule has 0 fully saturated rings. The minimum atomic E-state index is 0.325. The second-order valence-electron chi connectivity index (χ2n) is 16.5. The molecular weight excluding hydrogens is 456 g/mol. The molecule has 0 nitrogen and oxygen atoms in total. The van der Waals surface area contributed by atoms with Gasteiger partial charge in [-0.1, -0.05) is 138 Å². The molecule has 0 saturated carbocycles. The molecule has 2 atom stereocenters. The molecule has 0 aromatic heterocycles. The van der Waals surface area contributed by atoms with E-state index in [-0.39, 0.29) is 0 Å². The van der Waals surface area contributed by atoms with E-state index in [4.69, 9.17) is 0 Å². The molecule has 38 heavy (non-hydrogen) atoms. The maximum atomic E-state index is 2.54. The van der Waals surface area contributed by atoms with Crippen molar-refractivity contribution in [1.82, 2.24) is 0 Å². The highest BCUT2D eigenvalue weighted by Crippen LogP contribution is 2.42. The van der Waals surface area contributed by atoms with Crippen molar-refractivity contribution in [2.45, 2.75) is 147 Å². The highest BCUT2D eigenvalue weighted by molar-refractivity contribution is 5.38. The van der Waals surface area contributed by atoms with Gasteiger partial charge in [0.2, 0.25) is 0 Å². The Morgan fingerprint density at radius 3 is 1.39 bits per heavy atom. The fraction of sp³-hybridized carbons (Fsp3) is 0.684. The van der Waals surface area contributed by atoms with Gasteiger partial charge in [-0.3, -0.25) is 0 Å². The quantitative estimate of drug-likeness (QED) is 0.262. The number of hydrogen-bond acceptors (Lipinski definition) is 0. The molecule has 2 rings (SSSR count). The van der Waals surface area contributed by atoms with E-state index in [9.17, 15) is 0 Å². The van der Waals surface area contributed by atoms with Crippen molar-refractivity contribution in [2.75, 3.05) is 0 Å². The van der Waals surface area contributed by atoms with E-state index < -0.39 is 0 Å². The summed E-state index contributed by atoms with van der Waals surface area (Å²) in [5.74, 6) is 1.22. The molecule has 2 unspecified atom stereocenters. The normalized spacial score (nSPS) is 15.0. The highest BCUT2D eigenvalue weighted by atomic mass is 14.3. The molecule has 0 saturated heterocycles. The van der Waals surface area contributed by atoms with Gasteiger partial charge in [0, 0.05) is 0 Å². The van der Waals surface area contributed by atoms with E-state index in [1.807, 2.05) is 0 Å². The van der Waals surface area contributed by atoms with Crippen LogP contribution in [0.25, 0.3) is 0 Å². The standard InChI is InChI=1S/C38H62/c1-14-37(10,11)26-33(24-35(4,5)6)30-20-17-29(18-21-30)22-32-23-31(19-16-28(32)3)34(25-36(7,8)9)27-38(12,13)15-2/h16-21,23,33-34H,14-15,22,24-27H2,1-13H3. The van der Waals surface area contributed by atoms with Gasteiger partial charge in [-0.15, -0.1) is 0 Å². The predicted molar refractivity (Wildman–Crippen MR) is 171 cm³/mol. The van der Waals surface area contributed by atoms with Crippen molar-refractivity contribution in [3.05, 3.63) is 70.3 Å². The summed E-state index contributed by atoms with van der Waals surface area (Å²) < 4.78 is 0. The third kappa shape index (κ3) is 10.9. The summed E-state index contributed by atoms with van der Waals surface area (Å²) in [6.45, 7) is 31.0. The SMILES string of the molecule is CCC(C)(C)CC(CC(C)(C)C)c1ccc(Cc2cc(C(CC(C)(C)C)CC(C)(C)CC)ccc2C)cc1. The lowest BCUT2D eigenvalue weighted by Crippen LogP contribution is -2.20. The molecule has 0 N–H and O–H groups in total. The Hall–Kier alpha value is -1.56. The first-order valence-corrected chi connectivity index (χ1v) is 15.5. The Morgan fingerprint density at radius 2 is 0.974 bits per heavy atom. The number of aryl methyl sites for hydroxylation is 1. The summed E-state index contributed by atoms with van der Waals surface area (Å²) >= 11 is 0. The molecule has 0 radical (unpaired) electrons. The minimum Gasteiger partial charge on any atom is -0.0649 e. The topological polar surface area (TPSA) is 0 Å².